The van der Waals surface area contributed by atoms with E-state index >= 15 is 0 Å². The number of hydrogen-bond donors (Lipinski definition) is 0. The molecule has 0 rings (SSSR count). The van der Waals surface area contributed by atoms with Crippen LogP contribution < -0.4 is 0 Å². The van der Waals surface area contributed by atoms with E-state index in [1.165, 1.54) is 0 Å². The molecule has 0 amide bonds. The van der Waals surface area contributed by atoms with Crippen molar-refractivity contribution in [2.45, 2.75) is 26.7 Å². The van der Waals surface area contributed by atoms with Crippen LogP contribution in [0.5, 0.6) is 0 Å². The second-order valence-corrected chi connectivity index (χ2v) is 3.89. The Labute approximate surface area is 83.0 Å². The quantitative estimate of drug-likeness (QED) is 0.512. The monoisotopic (exact) mass is 178 g/mol. The van der Waals surface area contributed by atoms with Gasteiger partial charge in [-0.2, -0.15) is 0 Å². The fraction of sp³-hybridized carbons (Fsp3) is 0.538. The average molecular weight is 178 g/mol. The van der Waals surface area contributed by atoms with Crippen molar-refractivity contribution < 1.29 is 0 Å². The topological polar surface area (TPSA) is 0 Å². The predicted octanol–water partition coefficient (Wildman–Crippen LogP) is 4.21. The second kappa shape index (κ2) is 6.71. The smallest absolute Gasteiger partial charge is 0.0225 e. The van der Waals surface area contributed by atoms with Crippen molar-refractivity contribution >= 4 is 0 Å². The summed E-state index contributed by atoms with van der Waals surface area (Å²) in [5.41, 5.74) is 0. The summed E-state index contributed by atoms with van der Waals surface area (Å²) < 4.78 is 0. The number of allylic oxidation sites excluding steroid dienone is 3. The van der Waals surface area contributed by atoms with E-state index in [1.807, 2.05) is 12.2 Å². The normalized spacial score (nSPS) is 17.1. The van der Waals surface area contributed by atoms with E-state index in [4.69, 9.17) is 0 Å². The molecular formula is C13H22. The van der Waals surface area contributed by atoms with Gasteiger partial charge in [0.15, 0.2) is 0 Å². The van der Waals surface area contributed by atoms with Crippen LogP contribution in [0.2, 0.25) is 0 Å². The van der Waals surface area contributed by atoms with E-state index in [9.17, 15) is 0 Å². The summed E-state index contributed by atoms with van der Waals surface area (Å²) in [5, 5.41) is 0. The van der Waals surface area contributed by atoms with Crippen molar-refractivity contribution in [2.24, 2.45) is 17.8 Å². The Kier molecular flexibility index (Phi) is 6.30. The van der Waals surface area contributed by atoms with Crippen LogP contribution in [0.15, 0.2) is 38.0 Å². The molecule has 0 heterocycles. The summed E-state index contributed by atoms with van der Waals surface area (Å²) in [7, 11) is 0. The second-order valence-electron chi connectivity index (χ2n) is 3.89. The zero-order valence-electron chi connectivity index (χ0n) is 9.00. The van der Waals surface area contributed by atoms with Gasteiger partial charge < -0.3 is 0 Å². The molecule has 0 spiro atoms. The molecule has 0 saturated carbocycles. The SMILES string of the molecule is C=CC(C)CC(C=C)CC(C)C=C. The Morgan fingerprint density at radius 2 is 1.23 bits per heavy atom. The van der Waals surface area contributed by atoms with Crippen LogP contribution >= 0.6 is 0 Å². The Balaban J connectivity index is 3.95. The Bertz CT molecular complexity index is 151. The van der Waals surface area contributed by atoms with Gasteiger partial charge >= 0.3 is 0 Å². The molecule has 0 saturated heterocycles. The van der Waals surface area contributed by atoms with Crippen molar-refractivity contribution in [1.82, 2.24) is 0 Å². The van der Waals surface area contributed by atoms with Gasteiger partial charge in [-0.1, -0.05) is 32.1 Å². The lowest BCUT2D eigenvalue weighted by Gasteiger charge is -2.17. The standard InChI is InChI=1S/C13H22/c1-6-11(4)9-13(8-3)10-12(5)7-2/h6-8,11-13H,1-3,9-10H2,4-5H3. The Morgan fingerprint density at radius 1 is 0.846 bits per heavy atom. The summed E-state index contributed by atoms with van der Waals surface area (Å²) in [6.45, 7) is 15.8. The van der Waals surface area contributed by atoms with Gasteiger partial charge in [-0.3, -0.25) is 0 Å². The molecule has 2 unspecified atom stereocenters. The fourth-order valence-electron chi connectivity index (χ4n) is 1.44. The molecule has 0 heteroatoms. The van der Waals surface area contributed by atoms with E-state index in [2.05, 4.69) is 39.7 Å². The van der Waals surface area contributed by atoms with E-state index in [0.29, 0.717) is 17.8 Å². The minimum absolute atomic E-state index is 0.583. The molecule has 0 aromatic carbocycles. The minimum Gasteiger partial charge on any atom is -0.103 e. The van der Waals surface area contributed by atoms with Gasteiger partial charge in [0.25, 0.3) is 0 Å². The van der Waals surface area contributed by atoms with Crippen LogP contribution in [-0.4, -0.2) is 0 Å². The van der Waals surface area contributed by atoms with Crippen LogP contribution in [0.4, 0.5) is 0 Å². The maximum atomic E-state index is 3.87. The molecule has 0 aliphatic rings. The molecule has 0 nitrogen and oxygen atoms in total. The highest BCUT2D eigenvalue weighted by Crippen LogP contribution is 2.21. The van der Waals surface area contributed by atoms with Crippen molar-refractivity contribution in [2.75, 3.05) is 0 Å². The molecule has 0 N–H and O–H groups in total. The molecule has 0 aliphatic carbocycles. The van der Waals surface area contributed by atoms with Gasteiger partial charge in [-0.05, 0) is 30.6 Å². The number of rotatable bonds is 7. The molecule has 2 atom stereocenters. The third-order valence-electron chi connectivity index (χ3n) is 2.49. The van der Waals surface area contributed by atoms with E-state index in [1.54, 1.807) is 0 Å². The van der Waals surface area contributed by atoms with Gasteiger partial charge in [-0.25, -0.2) is 0 Å². The van der Waals surface area contributed by atoms with Crippen molar-refractivity contribution in [3.63, 3.8) is 0 Å². The Morgan fingerprint density at radius 3 is 1.46 bits per heavy atom. The highest BCUT2D eigenvalue weighted by Gasteiger charge is 2.10. The van der Waals surface area contributed by atoms with Gasteiger partial charge in [-0.15, -0.1) is 19.7 Å². The summed E-state index contributed by atoms with van der Waals surface area (Å²) >= 11 is 0. The fourth-order valence-corrected chi connectivity index (χ4v) is 1.44. The Hall–Kier alpha value is -0.780. The summed E-state index contributed by atoms with van der Waals surface area (Å²) in [6, 6.07) is 0. The van der Waals surface area contributed by atoms with E-state index in [0.717, 1.165) is 12.8 Å². The third-order valence-corrected chi connectivity index (χ3v) is 2.49. The maximum absolute atomic E-state index is 3.87. The van der Waals surface area contributed by atoms with Crippen LogP contribution in [0.1, 0.15) is 26.7 Å². The van der Waals surface area contributed by atoms with Crippen molar-refractivity contribution in [3.05, 3.63) is 38.0 Å². The van der Waals surface area contributed by atoms with Crippen LogP contribution in [0.3, 0.4) is 0 Å². The van der Waals surface area contributed by atoms with Crippen LogP contribution in [0, 0.1) is 17.8 Å². The molecular weight excluding hydrogens is 156 g/mol. The van der Waals surface area contributed by atoms with Gasteiger partial charge in [0.2, 0.25) is 0 Å². The molecule has 0 aliphatic heterocycles. The molecule has 0 aromatic heterocycles. The first-order valence-electron chi connectivity index (χ1n) is 5.01. The van der Waals surface area contributed by atoms with E-state index < -0.39 is 0 Å². The maximum Gasteiger partial charge on any atom is -0.0225 e. The van der Waals surface area contributed by atoms with Crippen molar-refractivity contribution in [1.29, 1.82) is 0 Å². The molecule has 0 radical (unpaired) electrons. The van der Waals surface area contributed by atoms with Gasteiger partial charge in [0.1, 0.15) is 0 Å². The molecule has 0 bridgehead atoms. The summed E-state index contributed by atoms with van der Waals surface area (Å²) in [5.74, 6) is 1.76. The number of hydrogen-bond acceptors (Lipinski definition) is 0. The third kappa shape index (κ3) is 5.46. The van der Waals surface area contributed by atoms with Crippen molar-refractivity contribution in [3.8, 4) is 0 Å². The first-order chi connectivity index (χ1) is 6.13. The lowest BCUT2D eigenvalue weighted by molar-refractivity contribution is 0.438. The first kappa shape index (κ1) is 12.2. The molecule has 0 fully saturated rings. The van der Waals surface area contributed by atoms with Crippen LogP contribution in [0.25, 0.3) is 0 Å². The summed E-state index contributed by atoms with van der Waals surface area (Å²) in [4.78, 5) is 0. The largest absolute Gasteiger partial charge is 0.103 e. The average Bonchev–Trinajstić information content (AvgIpc) is 2.16. The molecule has 0 aromatic rings. The molecule has 74 valence electrons. The highest BCUT2D eigenvalue weighted by atomic mass is 14.1. The van der Waals surface area contributed by atoms with E-state index in [-0.39, 0.29) is 0 Å². The lowest BCUT2D eigenvalue weighted by atomic mass is 9.88. The van der Waals surface area contributed by atoms with Gasteiger partial charge in [0, 0.05) is 0 Å². The predicted molar refractivity (Wildman–Crippen MR) is 61.6 cm³/mol. The highest BCUT2D eigenvalue weighted by molar-refractivity contribution is 4.88. The minimum atomic E-state index is 0.583. The van der Waals surface area contributed by atoms with Crippen LogP contribution in [-0.2, 0) is 0 Å². The van der Waals surface area contributed by atoms with Gasteiger partial charge in [0.05, 0.1) is 0 Å². The zero-order valence-corrected chi connectivity index (χ0v) is 9.00. The summed E-state index contributed by atoms with van der Waals surface area (Å²) in [6.07, 6.45) is 8.39. The molecule has 13 heavy (non-hydrogen) atoms. The lowest BCUT2D eigenvalue weighted by Crippen LogP contribution is -2.05. The zero-order chi connectivity index (χ0) is 10.3. The first-order valence-corrected chi connectivity index (χ1v) is 5.01.